The van der Waals surface area contributed by atoms with E-state index in [1.165, 1.54) is 4.90 Å². The number of para-hydroxylation sites is 2. The van der Waals surface area contributed by atoms with Crippen LogP contribution in [-0.4, -0.2) is 23.5 Å². The van der Waals surface area contributed by atoms with Gasteiger partial charge in [0.1, 0.15) is 22.8 Å². The van der Waals surface area contributed by atoms with Gasteiger partial charge in [-0.2, -0.15) is 0 Å². The number of hydrogen-bond acceptors (Lipinski definition) is 5. The fourth-order valence-corrected chi connectivity index (χ4v) is 3.41. The number of rotatable bonds is 7. The minimum absolute atomic E-state index is 0.0277. The average molecular weight is 445 g/mol. The lowest BCUT2D eigenvalue weighted by atomic mass is 10.1. The molecule has 1 saturated heterocycles. The summed E-state index contributed by atoms with van der Waals surface area (Å²) in [5.41, 5.74) is 0.562. The van der Waals surface area contributed by atoms with E-state index in [1.807, 2.05) is 60.7 Å². The molecule has 7 heteroatoms. The van der Waals surface area contributed by atoms with E-state index in [1.54, 1.807) is 30.3 Å². The number of hydrogen-bond donors (Lipinski definition) is 1. The minimum atomic E-state index is -0.514. The Morgan fingerprint density at radius 2 is 1.41 bits per heavy atom. The van der Waals surface area contributed by atoms with Crippen molar-refractivity contribution in [3.8, 4) is 17.2 Å². The second-order valence-electron chi connectivity index (χ2n) is 6.88. The second kappa shape index (κ2) is 9.89. The fourth-order valence-electron chi connectivity index (χ4n) is 3.13. The van der Waals surface area contributed by atoms with Crippen molar-refractivity contribution in [3.63, 3.8) is 0 Å². The van der Waals surface area contributed by atoms with Crippen molar-refractivity contribution in [2.24, 2.45) is 0 Å². The SMILES string of the molecule is O=C1NC(=S)N(c2ccc(Oc3ccccc3)cc2)C(=O)/C1=C/CCOc1ccccc1. The van der Waals surface area contributed by atoms with Crippen molar-refractivity contribution in [2.45, 2.75) is 6.42 Å². The Bertz CT molecular complexity index is 1150. The molecule has 3 aromatic carbocycles. The lowest BCUT2D eigenvalue weighted by Gasteiger charge is -2.29. The minimum Gasteiger partial charge on any atom is -0.493 e. The average Bonchev–Trinajstić information content (AvgIpc) is 2.81. The highest BCUT2D eigenvalue weighted by molar-refractivity contribution is 7.80. The van der Waals surface area contributed by atoms with E-state index in [-0.39, 0.29) is 10.7 Å². The molecule has 0 bridgehead atoms. The van der Waals surface area contributed by atoms with Gasteiger partial charge in [-0.25, -0.2) is 0 Å². The molecule has 0 radical (unpaired) electrons. The zero-order valence-corrected chi connectivity index (χ0v) is 17.9. The van der Waals surface area contributed by atoms with E-state index in [2.05, 4.69) is 5.32 Å². The summed E-state index contributed by atoms with van der Waals surface area (Å²) in [6, 6.07) is 25.6. The molecular weight excluding hydrogens is 424 g/mol. The molecule has 1 aliphatic heterocycles. The zero-order valence-electron chi connectivity index (χ0n) is 17.1. The van der Waals surface area contributed by atoms with Gasteiger partial charge in [-0.15, -0.1) is 0 Å². The summed E-state index contributed by atoms with van der Waals surface area (Å²) in [7, 11) is 0. The quantitative estimate of drug-likeness (QED) is 0.249. The molecule has 4 rings (SSSR count). The van der Waals surface area contributed by atoms with Crippen LogP contribution in [0.5, 0.6) is 17.2 Å². The second-order valence-corrected chi connectivity index (χ2v) is 7.26. The summed E-state index contributed by atoms with van der Waals surface area (Å²) in [6.45, 7) is 0.337. The Balaban J connectivity index is 1.44. The van der Waals surface area contributed by atoms with E-state index < -0.39 is 11.8 Å². The van der Waals surface area contributed by atoms with Gasteiger partial charge in [-0.1, -0.05) is 42.5 Å². The molecule has 0 unspecified atom stereocenters. The van der Waals surface area contributed by atoms with Crippen LogP contribution in [0, 0.1) is 0 Å². The Morgan fingerprint density at radius 3 is 2.06 bits per heavy atom. The maximum atomic E-state index is 13.0. The van der Waals surface area contributed by atoms with E-state index in [4.69, 9.17) is 21.7 Å². The van der Waals surface area contributed by atoms with Gasteiger partial charge < -0.3 is 9.47 Å². The van der Waals surface area contributed by atoms with E-state index >= 15 is 0 Å². The van der Waals surface area contributed by atoms with Crippen molar-refractivity contribution in [2.75, 3.05) is 11.5 Å². The topological polar surface area (TPSA) is 67.9 Å². The number of thiocarbonyl (C=S) groups is 1. The number of carbonyl (C=O) groups excluding carboxylic acids is 2. The van der Waals surface area contributed by atoms with Crippen LogP contribution in [0.25, 0.3) is 0 Å². The number of benzene rings is 3. The lowest BCUT2D eigenvalue weighted by molar-refractivity contribution is -0.122. The summed E-state index contributed by atoms with van der Waals surface area (Å²) < 4.78 is 11.4. The monoisotopic (exact) mass is 444 g/mol. The summed E-state index contributed by atoms with van der Waals surface area (Å²) >= 11 is 5.24. The Labute approximate surface area is 191 Å². The van der Waals surface area contributed by atoms with Crippen molar-refractivity contribution < 1.29 is 19.1 Å². The number of amides is 2. The van der Waals surface area contributed by atoms with Gasteiger partial charge in [0.25, 0.3) is 11.8 Å². The highest BCUT2D eigenvalue weighted by Gasteiger charge is 2.34. The van der Waals surface area contributed by atoms with Crippen LogP contribution < -0.4 is 19.7 Å². The summed E-state index contributed by atoms with van der Waals surface area (Å²) in [5, 5.41) is 2.62. The van der Waals surface area contributed by atoms with Crippen LogP contribution in [0.4, 0.5) is 5.69 Å². The first-order chi connectivity index (χ1) is 15.6. The molecule has 1 N–H and O–H groups in total. The molecule has 0 aliphatic carbocycles. The predicted molar refractivity (Wildman–Crippen MR) is 126 cm³/mol. The van der Waals surface area contributed by atoms with Crippen molar-refractivity contribution in [1.29, 1.82) is 0 Å². The van der Waals surface area contributed by atoms with Crippen molar-refractivity contribution >= 4 is 34.8 Å². The van der Waals surface area contributed by atoms with Gasteiger partial charge in [0.15, 0.2) is 5.11 Å². The molecule has 32 heavy (non-hydrogen) atoms. The third kappa shape index (κ3) is 5.01. The van der Waals surface area contributed by atoms with Gasteiger partial charge in [-0.3, -0.25) is 19.8 Å². The maximum absolute atomic E-state index is 13.0. The van der Waals surface area contributed by atoms with Gasteiger partial charge in [0.2, 0.25) is 0 Å². The molecule has 0 spiro atoms. The predicted octanol–water partition coefficient (Wildman–Crippen LogP) is 4.62. The van der Waals surface area contributed by atoms with E-state index in [9.17, 15) is 9.59 Å². The van der Waals surface area contributed by atoms with E-state index in [0.29, 0.717) is 30.2 Å². The molecule has 0 saturated carbocycles. The van der Waals surface area contributed by atoms with Gasteiger partial charge >= 0.3 is 0 Å². The Kier molecular flexibility index (Phi) is 6.57. The Hall–Kier alpha value is -3.97. The summed E-state index contributed by atoms with van der Waals surface area (Å²) in [4.78, 5) is 26.7. The van der Waals surface area contributed by atoms with Crippen LogP contribution in [0.1, 0.15) is 6.42 Å². The number of anilines is 1. The third-order valence-electron chi connectivity index (χ3n) is 4.65. The first kappa shape index (κ1) is 21.3. The Morgan fingerprint density at radius 1 is 0.812 bits per heavy atom. The van der Waals surface area contributed by atoms with Crippen LogP contribution in [0.3, 0.4) is 0 Å². The van der Waals surface area contributed by atoms with Gasteiger partial charge in [0.05, 0.1) is 12.3 Å². The first-order valence-corrected chi connectivity index (χ1v) is 10.4. The first-order valence-electron chi connectivity index (χ1n) is 10.0. The largest absolute Gasteiger partial charge is 0.493 e. The molecule has 0 aromatic heterocycles. The molecular formula is C25H20N2O4S. The highest BCUT2D eigenvalue weighted by atomic mass is 32.1. The molecule has 3 aromatic rings. The molecule has 1 aliphatic rings. The molecule has 1 fully saturated rings. The van der Waals surface area contributed by atoms with Crippen LogP contribution in [-0.2, 0) is 9.59 Å². The summed E-state index contributed by atoms with van der Waals surface area (Å²) in [5.74, 6) is 1.06. The third-order valence-corrected chi connectivity index (χ3v) is 4.94. The van der Waals surface area contributed by atoms with Crippen LogP contribution in [0.2, 0.25) is 0 Å². The molecule has 6 nitrogen and oxygen atoms in total. The number of nitrogens with zero attached hydrogens (tertiary/aromatic N) is 1. The zero-order chi connectivity index (χ0) is 22.3. The van der Waals surface area contributed by atoms with E-state index in [0.717, 1.165) is 5.75 Å². The lowest BCUT2D eigenvalue weighted by Crippen LogP contribution is -2.54. The van der Waals surface area contributed by atoms with Crippen LogP contribution in [0.15, 0.2) is 96.6 Å². The normalized spacial score (nSPS) is 14.9. The highest BCUT2D eigenvalue weighted by Crippen LogP contribution is 2.26. The smallest absolute Gasteiger partial charge is 0.269 e. The molecule has 0 atom stereocenters. The van der Waals surface area contributed by atoms with Crippen molar-refractivity contribution in [1.82, 2.24) is 5.32 Å². The van der Waals surface area contributed by atoms with Crippen molar-refractivity contribution in [3.05, 3.63) is 96.6 Å². The van der Waals surface area contributed by atoms with Gasteiger partial charge in [0, 0.05) is 6.42 Å². The number of ether oxygens (including phenoxy) is 2. The number of nitrogens with one attached hydrogen (secondary N) is 1. The summed E-state index contributed by atoms with van der Waals surface area (Å²) in [6.07, 6.45) is 1.97. The van der Waals surface area contributed by atoms with Gasteiger partial charge in [-0.05, 0) is 60.7 Å². The van der Waals surface area contributed by atoms with Crippen LogP contribution >= 0.6 is 12.2 Å². The maximum Gasteiger partial charge on any atom is 0.269 e. The molecule has 1 heterocycles. The molecule has 2 amide bonds. The fraction of sp³-hybridized carbons (Fsp3) is 0.0800. The number of carbonyl (C=O) groups is 2. The standard InChI is InChI=1S/C25H20N2O4S/c28-23-22(12-7-17-30-19-8-3-1-4-9-19)24(29)27(25(32)26-23)18-13-15-21(16-14-18)31-20-10-5-2-6-11-20/h1-6,8-16H,7,17H2,(H,26,28,32)/b22-12+. The molecule has 160 valence electrons.